The lowest BCUT2D eigenvalue weighted by molar-refractivity contribution is -0.120. The van der Waals surface area contributed by atoms with Crippen LogP contribution in [0.5, 0.6) is 0 Å². The largest absolute Gasteiger partial charge is 0.368 e. The van der Waals surface area contributed by atoms with Crippen molar-refractivity contribution in [2.24, 2.45) is 5.73 Å². The molecule has 1 aromatic heterocycles. The molecule has 3 nitrogen and oxygen atoms in total. The second kappa shape index (κ2) is 6.13. The van der Waals surface area contributed by atoms with Crippen molar-refractivity contribution >= 4 is 33.2 Å². The maximum Gasteiger partial charge on any atom is 0.239 e. The number of benzene rings is 1. The standard InChI is InChI=1S/C13H13BrN2OS/c14-10-4-1-3-9(7-10)12(13(15)17)16-8-11-5-2-6-18-11/h1-7,12,16H,8H2,(H2,15,17). The van der Waals surface area contributed by atoms with Gasteiger partial charge in [-0.3, -0.25) is 10.1 Å². The number of carbonyl (C=O) groups excluding carboxylic acids is 1. The van der Waals surface area contributed by atoms with Crippen LogP contribution in [0.3, 0.4) is 0 Å². The molecule has 2 rings (SSSR count). The molecule has 1 unspecified atom stereocenters. The minimum absolute atomic E-state index is 0.371. The average molecular weight is 325 g/mol. The zero-order chi connectivity index (χ0) is 13.0. The van der Waals surface area contributed by atoms with Gasteiger partial charge in [-0.2, -0.15) is 0 Å². The van der Waals surface area contributed by atoms with E-state index in [1.165, 1.54) is 4.88 Å². The number of rotatable bonds is 5. The molecule has 1 amide bonds. The van der Waals surface area contributed by atoms with E-state index < -0.39 is 6.04 Å². The van der Waals surface area contributed by atoms with E-state index in [0.29, 0.717) is 6.54 Å². The van der Waals surface area contributed by atoms with Gasteiger partial charge in [-0.15, -0.1) is 11.3 Å². The van der Waals surface area contributed by atoms with Crippen LogP contribution >= 0.6 is 27.3 Å². The Morgan fingerprint density at radius 1 is 1.39 bits per heavy atom. The lowest BCUT2D eigenvalue weighted by Crippen LogP contribution is -2.33. The van der Waals surface area contributed by atoms with E-state index in [1.54, 1.807) is 11.3 Å². The predicted molar refractivity (Wildman–Crippen MR) is 77.2 cm³/mol. The van der Waals surface area contributed by atoms with E-state index in [2.05, 4.69) is 21.2 Å². The van der Waals surface area contributed by atoms with Crippen molar-refractivity contribution in [2.45, 2.75) is 12.6 Å². The minimum atomic E-state index is -0.468. The fourth-order valence-corrected chi connectivity index (χ4v) is 2.76. The molecule has 0 radical (unpaired) electrons. The number of carbonyl (C=O) groups is 1. The van der Waals surface area contributed by atoms with Crippen molar-refractivity contribution in [1.82, 2.24) is 5.32 Å². The Hall–Kier alpha value is -1.17. The van der Waals surface area contributed by atoms with Crippen LogP contribution in [-0.4, -0.2) is 5.91 Å². The van der Waals surface area contributed by atoms with Gasteiger partial charge in [-0.25, -0.2) is 0 Å². The molecule has 0 fully saturated rings. The van der Waals surface area contributed by atoms with E-state index in [-0.39, 0.29) is 5.91 Å². The van der Waals surface area contributed by atoms with Crippen molar-refractivity contribution in [1.29, 1.82) is 0 Å². The first kappa shape index (κ1) is 13.3. The molecule has 3 N–H and O–H groups in total. The zero-order valence-corrected chi connectivity index (χ0v) is 12.0. The SMILES string of the molecule is NC(=O)C(NCc1cccs1)c1cccc(Br)c1. The molecule has 0 aliphatic carbocycles. The molecule has 0 saturated carbocycles. The van der Waals surface area contributed by atoms with Crippen LogP contribution in [0.25, 0.3) is 0 Å². The van der Waals surface area contributed by atoms with Gasteiger partial charge < -0.3 is 5.73 Å². The zero-order valence-electron chi connectivity index (χ0n) is 9.60. The van der Waals surface area contributed by atoms with Gasteiger partial charge in [0.2, 0.25) is 5.91 Å². The molecule has 5 heteroatoms. The summed E-state index contributed by atoms with van der Waals surface area (Å²) in [5, 5.41) is 5.19. The quantitative estimate of drug-likeness (QED) is 0.888. The molecule has 1 atom stereocenters. The Balaban J connectivity index is 2.11. The molecule has 0 aliphatic heterocycles. The predicted octanol–water partition coefficient (Wildman–Crippen LogP) is 2.83. The fourth-order valence-electron chi connectivity index (χ4n) is 1.68. The van der Waals surface area contributed by atoms with Gasteiger partial charge >= 0.3 is 0 Å². The molecule has 0 bridgehead atoms. The second-order valence-electron chi connectivity index (χ2n) is 3.85. The smallest absolute Gasteiger partial charge is 0.239 e. The molecule has 18 heavy (non-hydrogen) atoms. The second-order valence-corrected chi connectivity index (χ2v) is 5.80. The number of nitrogens with two attached hydrogens (primary N) is 1. The Kier molecular flexibility index (Phi) is 4.52. The highest BCUT2D eigenvalue weighted by Gasteiger charge is 2.17. The lowest BCUT2D eigenvalue weighted by Gasteiger charge is -2.15. The van der Waals surface area contributed by atoms with E-state index in [1.807, 2.05) is 41.8 Å². The van der Waals surface area contributed by atoms with Crippen molar-refractivity contribution in [2.75, 3.05) is 0 Å². The molecular weight excluding hydrogens is 312 g/mol. The van der Waals surface area contributed by atoms with Crippen LogP contribution in [0.15, 0.2) is 46.3 Å². The van der Waals surface area contributed by atoms with Crippen LogP contribution in [0.4, 0.5) is 0 Å². The summed E-state index contributed by atoms with van der Waals surface area (Å²) in [6, 6.07) is 11.1. The first-order valence-corrected chi connectivity index (χ1v) is 7.14. The van der Waals surface area contributed by atoms with Crippen LogP contribution in [0.2, 0.25) is 0 Å². The summed E-state index contributed by atoms with van der Waals surface area (Å²) in [5.74, 6) is -0.371. The summed E-state index contributed by atoms with van der Waals surface area (Å²) >= 11 is 5.04. The monoisotopic (exact) mass is 324 g/mol. The highest BCUT2D eigenvalue weighted by atomic mass is 79.9. The van der Waals surface area contributed by atoms with E-state index in [4.69, 9.17) is 5.73 Å². The molecule has 94 valence electrons. The van der Waals surface area contributed by atoms with Crippen molar-refractivity contribution in [3.8, 4) is 0 Å². The molecule has 1 aromatic carbocycles. The van der Waals surface area contributed by atoms with Crippen molar-refractivity contribution in [3.05, 3.63) is 56.7 Å². The van der Waals surface area contributed by atoms with E-state index >= 15 is 0 Å². The van der Waals surface area contributed by atoms with Crippen LogP contribution in [-0.2, 0) is 11.3 Å². The third kappa shape index (κ3) is 3.41. The first-order chi connectivity index (χ1) is 8.66. The molecule has 0 spiro atoms. The Morgan fingerprint density at radius 3 is 2.83 bits per heavy atom. The lowest BCUT2D eigenvalue weighted by atomic mass is 10.1. The molecule has 2 aromatic rings. The van der Waals surface area contributed by atoms with Gasteiger partial charge in [0.25, 0.3) is 0 Å². The maximum absolute atomic E-state index is 11.5. The van der Waals surface area contributed by atoms with Gasteiger partial charge in [0.15, 0.2) is 0 Å². The number of hydrogen-bond donors (Lipinski definition) is 2. The van der Waals surface area contributed by atoms with Gasteiger partial charge in [0, 0.05) is 15.9 Å². The van der Waals surface area contributed by atoms with E-state index in [9.17, 15) is 4.79 Å². The molecule has 1 heterocycles. The van der Waals surface area contributed by atoms with Crippen LogP contribution < -0.4 is 11.1 Å². The average Bonchev–Trinajstić information content (AvgIpc) is 2.82. The van der Waals surface area contributed by atoms with Gasteiger partial charge in [0.05, 0.1) is 0 Å². The summed E-state index contributed by atoms with van der Waals surface area (Å²) in [6.45, 7) is 0.637. The third-order valence-electron chi connectivity index (χ3n) is 2.53. The number of thiophene rings is 1. The highest BCUT2D eigenvalue weighted by molar-refractivity contribution is 9.10. The molecular formula is C13H13BrN2OS. The van der Waals surface area contributed by atoms with Crippen molar-refractivity contribution < 1.29 is 4.79 Å². The fraction of sp³-hybridized carbons (Fsp3) is 0.154. The summed E-state index contributed by atoms with van der Waals surface area (Å²) in [4.78, 5) is 12.7. The topological polar surface area (TPSA) is 55.1 Å². The van der Waals surface area contributed by atoms with E-state index in [0.717, 1.165) is 10.0 Å². The molecule has 0 aliphatic rings. The first-order valence-electron chi connectivity index (χ1n) is 5.47. The number of amides is 1. The number of halogens is 1. The number of nitrogens with one attached hydrogen (secondary N) is 1. The highest BCUT2D eigenvalue weighted by Crippen LogP contribution is 2.19. The Labute approximate surface area is 118 Å². The summed E-state index contributed by atoms with van der Waals surface area (Å²) < 4.78 is 0.934. The maximum atomic E-state index is 11.5. The van der Waals surface area contributed by atoms with Crippen LogP contribution in [0, 0.1) is 0 Å². The van der Waals surface area contributed by atoms with Crippen molar-refractivity contribution in [3.63, 3.8) is 0 Å². The number of primary amides is 1. The normalized spacial score (nSPS) is 12.3. The third-order valence-corrected chi connectivity index (χ3v) is 3.90. The van der Waals surface area contributed by atoms with Gasteiger partial charge in [-0.1, -0.05) is 34.1 Å². The summed E-state index contributed by atoms with van der Waals surface area (Å²) in [6.07, 6.45) is 0. The number of hydrogen-bond acceptors (Lipinski definition) is 3. The summed E-state index contributed by atoms with van der Waals surface area (Å²) in [7, 11) is 0. The Bertz CT molecular complexity index is 528. The van der Waals surface area contributed by atoms with Crippen LogP contribution in [0.1, 0.15) is 16.5 Å². The minimum Gasteiger partial charge on any atom is -0.368 e. The Morgan fingerprint density at radius 2 is 2.22 bits per heavy atom. The summed E-state index contributed by atoms with van der Waals surface area (Å²) in [5.41, 5.74) is 6.31. The van der Waals surface area contributed by atoms with Gasteiger partial charge in [0.1, 0.15) is 6.04 Å². The molecule has 0 saturated heterocycles. The van der Waals surface area contributed by atoms with Gasteiger partial charge in [-0.05, 0) is 29.1 Å².